The van der Waals surface area contributed by atoms with Crippen molar-refractivity contribution in [3.05, 3.63) is 70.4 Å². The van der Waals surface area contributed by atoms with Crippen LogP contribution in [0.1, 0.15) is 34.0 Å². The van der Waals surface area contributed by atoms with Gasteiger partial charge in [0.1, 0.15) is 11.6 Å². The first-order chi connectivity index (χ1) is 12.3. The summed E-state index contributed by atoms with van der Waals surface area (Å²) in [5.41, 5.74) is 4.82. The maximum Gasteiger partial charge on any atom is 0.267 e. The minimum absolute atomic E-state index is 0.0544. The van der Waals surface area contributed by atoms with E-state index in [0.717, 1.165) is 16.7 Å². The Kier molecular flexibility index (Phi) is 5.92. The lowest BCUT2D eigenvalue weighted by atomic mass is 10.0. The molecule has 0 fully saturated rings. The smallest absolute Gasteiger partial charge is 0.267 e. The zero-order valence-electron chi connectivity index (χ0n) is 15.3. The molecule has 0 atom stereocenters. The molecule has 0 radical (unpaired) electrons. The van der Waals surface area contributed by atoms with Crippen molar-refractivity contribution < 1.29 is 9.59 Å². The number of hydrogen-bond donors (Lipinski definition) is 2. The summed E-state index contributed by atoms with van der Waals surface area (Å²) in [7, 11) is 0. The molecule has 0 aliphatic heterocycles. The fourth-order valence-electron chi connectivity index (χ4n) is 2.69. The van der Waals surface area contributed by atoms with Gasteiger partial charge in [-0.05, 0) is 51.0 Å². The molecule has 0 aliphatic carbocycles. The van der Waals surface area contributed by atoms with Crippen molar-refractivity contribution in [2.75, 3.05) is 10.6 Å². The van der Waals surface area contributed by atoms with Crippen LogP contribution in [0.5, 0.6) is 0 Å². The van der Waals surface area contributed by atoms with Crippen LogP contribution < -0.4 is 10.6 Å². The lowest BCUT2D eigenvalue weighted by Gasteiger charge is -2.12. The zero-order chi connectivity index (χ0) is 19.3. The van der Waals surface area contributed by atoms with Gasteiger partial charge in [0.15, 0.2) is 5.78 Å². The highest BCUT2D eigenvalue weighted by molar-refractivity contribution is 6.07. The van der Waals surface area contributed by atoms with Crippen molar-refractivity contribution in [3.63, 3.8) is 0 Å². The number of anilines is 2. The van der Waals surface area contributed by atoms with Crippen LogP contribution in [0.15, 0.2) is 48.2 Å². The average molecular weight is 347 g/mol. The third-order valence-electron chi connectivity index (χ3n) is 3.93. The SMILES string of the molecule is CC(=O)c1cccc(N/C=C(/C#N)C(=O)Nc2c(C)cc(C)cc2C)c1. The van der Waals surface area contributed by atoms with E-state index in [1.807, 2.05) is 39.0 Å². The number of nitrogens with zero attached hydrogens (tertiary/aromatic N) is 1. The Labute approximate surface area is 153 Å². The summed E-state index contributed by atoms with van der Waals surface area (Å²) in [6.07, 6.45) is 1.34. The fourth-order valence-corrected chi connectivity index (χ4v) is 2.69. The van der Waals surface area contributed by atoms with Crippen molar-refractivity contribution >= 4 is 23.1 Å². The number of rotatable bonds is 5. The number of benzene rings is 2. The molecule has 0 unspecified atom stereocenters. The molecule has 2 rings (SSSR count). The first-order valence-electron chi connectivity index (χ1n) is 8.19. The van der Waals surface area contributed by atoms with E-state index < -0.39 is 5.91 Å². The minimum Gasteiger partial charge on any atom is -0.360 e. The minimum atomic E-state index is -0.488. The Morgan fingerprint density at radius 3 is 2.31 bits per heavy atom. The lowest BCUT2D eigenvalue weighted by Crippen LogP contribution is -2.16. The Balaban J connectivity index is 2.19. The van der Waals surface area contributed by atoms with Crippen molar-refractivity contribution in [1.82, 2.24) is 0 Å². The van der Waals surface area contributed by atoms with Gasteiger partial charge < -0.3 is 10.6 Å². The summed E-state index contributed by atoms with van der Waals surface area (Å²) in [5.74, 6) is -0.543. The second-order valence-corrected chi connectivity index (χ2v) is 6.18. The first-order valence-corrected chi connectivity index (χ1v) is 8.19. The largest absolute Gasteiger partial charge is 0.360 e. The van der Waals surface area contributed by atoms with E-state index in [2.05, 4.69) is 10.6 Å². The summed E-state index contributed by atoms with van der Waals surface area (Å²) in [4.78, 5) is 23.9. The highest BCUT2D eigenvalue weighted by Crippen LogP contribution is 2.22. The van der Waals surface area contributed by atoms with Crippen LogP contribution in [0.2, 0.25) is 0 Å². The third kappa shape index (κ3) is 4.58. The molecule has 26 heavy (non-hydrogen) atoms. The van der Waals surface area contributed by atoms with E-state index in [4.69, 9.17) is 0 Å². The van der Waals surface area contributed by atoms with Crippen LogP contribution in [-0.2, 0) is 4.79 Å². The maximum atomic E-state index is 12.4. The van der Waals surface area contributed by atoms with Gasteiger partial charge in [-0.3, -0.25) is 9.59 Å². The quantitative estimate of drug-likeness (QED) is 0.481. The number of hydrogen-bond acceptors (Lipinski definition) is 4. The highest BCUT2D eigenvalue weighted by atomic mass is 16.1. The summed E-state index contributed by atoms with van der Waals surface area (Å²) in [6.45, 7) is 7.30. The molecule has 2 N–H and O–H groups in total. The first kappa shape index (κ1) is 18.9. The number of ketones is 1. The standard InChI is InChI=1S/C21H21N3O2/c1-13-8-14(2)20(15(3)9-13)24-21(26)18(11-22)12-23-19-7-5-6-17(10-19)16(4)25/h5-10,12,23H,1-4H3,(H,24,26)/b18-12-. The number of carbonyl (C=O) groups excluding carboxylic acids is 2. The van der Waals surface area contributed by atoms with E-state index in [-0.39, 0.29) is 11.4 Å². The van der Waals surface area contributed by atoms with Gasteiger partial charge in [-0.1, -0.05) is 29.8 Å². The number of amides is 1. The summed E-state index contributed by atoms with van der Waals surface area (Å²) in [6, 6.07) is 12.7. The normalized spacial score (nSPS) is 10.8. The molecular formula is C21H21N3O2. The van der Waals surface area contributed by atoms with Crippen LogP contribution in [0.4, 0.5) is 11.4 Å². The molecule has 0 aromatic heterocycles. The van der Waals surface area contributed by atoms with Crippen LogP contribution >= 0.6 is 0 Å². The van der Waals surface area contributed by atoms with E-state index >= 15 is 0 Å². The van der Waals surface area contributed by atoms with E-state index in [1.54, 1.807) is 24.3 Å². The fraction of sp³-hybridized carbons (Fsp3) is 0.190. The van der Waals surface area contributed by atoms with E-state index in [9.17, 15) is 14.9 Å². The van der Waals surface area contributed by atoms with Gasteiger partial charge in [0.05, 0.1) is 0 Å². The van der Waals surface area contributed by atoms with Crippen molar-refractivity contribution in [2.24, 2.45) is 0 Å². The van der Waals surface area contributed by atoms with Gasteiger partial charge in [-0.25, -0.2) is 0 Å². The van der Waals surface area contributed by atoms with E-state index in [1.165, 1.54) is 13.1 Å². The topological polar surface area (TPSA) is 82.0 Å². The van der Waals surface area contributed by atoms with Crippen LogP contribution in [-0.4, -0.2) is 11.7 Å². The van der Waals surface area contributed by atoms with Crippen molar-refractivity contribution in [1.29, 1.82) is 5.26 Å². The molecule has 0 spiro atoms. The number of nitriles is 1. The van der Waals surface area contributed by atoms with Crippen molar-refractivity contribution in [3.8, 4) is 6.07 Å². The zero-order valence-corrected chi connectivity index (χ0v) is 15.3. The van der Waals surface area contributed by atoms with Gasteiger partial charge in [0.2, 0.25) is 0 Å². The van der Waals surface area contributed by atoms with Crippen LogP contribution in [0, 0.1) is 32.1 Å². The molecule has 0 heterocycles. The Morgan fingerprint density at radius 2 is 1.73 bits per heavy atom. The Hall–Kier alpha value is -3.39. The van der Waals surface area contributed by atoms with Gasteiger partial charge in [-0.2, -0.15) is 5.26 Å². The second kappa shape index (κ2) is 8.13. The molecule has 132 valence electrons. The molecular weight excluding hydrogens is 326 g/mol. The summed E-state index contributed by atoms with van der Waals surface area (Å²) < 4.78 is 0. The van der Waals surface area contributed by atoms with Crippen LogP contribution in [0.3, 0.4) is 0 Å². The molecule has 1 amide bonds. The molecule has 0 saturated heterocycles. The molecule has 5 heteroatoms. The van der Waals surface area contributed by atoms with Gasteiger partial charge in [-0.15, -0.1) is 0 Å². The molecule has 0 aliphatic rings. The number of carbonyl (C=O) groups is 2. The molecule has 2 aromatic rings. The second-order valence-electron chi connectivity index (χ2n) is 6.18. The predicted octanol–water partition coefficient (Wildman–Crippen LogP) is 4.27. The van der Waals surface area contributed by atoms with Crippen LogP contribution in [0.25, 0.3) is 0 Å². The van der Waals surface area contributed by atoms with Gasteiger partial charge in [0, 0.05) is 23.1 Å². The molecule has 0 saturated carbocycles. The molecule has 2 aromatic carbocycles. The highest BCUT2D eigenvalue weighted by Gasteiger charge is 2.13. The van der Waals surface area contributed by atoms with Crippen molar-refractivity contribution in [2.45, 2.75) is 27.7 Å². The third-order valence-corrected chi connectivity index (χ3v) is 3.93. The summed E-state index contributed by atoms with van der Waals surface area (Å²) in [5, 5.41) is 15.0. The number of nitrogens with one attached hydrogen (secondary N) is 2. The Morgan fingerprint density at radius 1 is 1.08 bits per heavy atom. The van der Waals surface area contributed by atoms with Gasteiger partial charge in [0.25, 0.3) is 5.91 Å². The summed E-state index contributed by atoms with van der Waals surface area (Å²) >= 11 is 0. The van der Waals surface area contributed by atoms with Gasteiger partial charge >= 0.3 is 0 Å². The number of Topliss-reactive ketones (excluding diaryl/α,β-unsaturated/α-hetero) is 1. The average Bonchev–Trinajstić information content (AvgIpc) is 2.58. The molecule has 5 nitrogen and oxygen atoms in total. The lowest BCUT2D eigenvalue weighted by molar-refractivity contribution is -0.112. The maximum absolute atomic E-state index is 12.4. The Bertz CT molecular complexity index is 914. The van der Waals surface area contributed by atoms with E-state index in [0.29, 0.717) is 16.9 Å². The monoisotopic (exact) mass is 347 g/mol. The predicted molar refractivity (Wildman–Crippen MR) is 103 cm³/mol. The number of aryl methyl sites for hydroxylation is 3. The molecule has 0 bridgehead atoms.